The van der Waals surface area contributed by atoms with Gasteiger partial charge in [-0.15, -0.1) is 0 Å². The van der Waals surface area contributed by atoms with Crippen molar-refractivity contribution in [1.29, 1.82) is 0 Å². The average molecular weight is 423 g/mol. The first kappa shape index (κ1) is 22.9. The first-order chi connectivity index (χ1) is 15.0. The van der Waals surface area contributed by atoms with Crippen LogP contribution in [0.5, 0.6) is 5.75 Å². The Balaban J connectivity index is 1.78. The summed E-state index contributed by atoms with van der Waals surface area (Å²) in [6.07, 6.45) is 6.49. The van der Waals surface area contributed by atoms with Gasteiger partial charge in [0.05, 0.1) is 23.4 Å². The third-order valence-electron chi connectivity index (χ3n) is 5.83. The average Bonchev–Trinajstić information content (AvgIpc) is 2.79. The fourth-order valence-corrected chi connectivity index (χ4v) is 3.93. The van der Waals surface area contributed by atoms with E-state index in [4.69, 9.17) is 4.74 Å². The van der Waals surface area contributed by atoms with Crippen LogP contribution in [0.1, 0.15) is 73.1 Å². The minimum Gasteiger partial charge on any atom is -0.493 e. The van der Waals surface area contributed by atoms with E-state index < -0.39 is 0 Å². The summed E-state index contributed by atoms with van der Waals surface area (Å²) < 4.78 is 5.91. The minimum atomic E-state index is -0.196. The topological polar surface area (TPSA) is 58.6 Å². The van der Waals surface area contributed by atoms with Crippen molar-refractivity contribution in [3.63, 3.8) is 0 Å². The predicted octanol–water partition coefficient (Wildman–Crippen LogP) is 5.45. The molecule has 0 aliphatic heterocycles. The predicted molar refractivity (Wildman–Crippen MR) is 125 cm³/mol. The first-order valence-electron chi connectivity index (χ1n) is 11.4. The zero-order valence-corrected chi connectivity index (χ0v) is 18.9. The fraction of sp³-hybridized carbons (Fsp3) is 0.462. The Kier molecular flexibility index (Phi) is 8.10. The molecule has 5 heteroatoms. The van der Waals surface area contributed by atoms with E-state index >= 15 is 0 Å². The van der Waals surface area contributed by atoms with E-state index in [1.807, 2.05) is 36.4 Å². The molecule has 0 radical (unpaired) electrons. The molecule has 0 aromatic heterocycles. The second-order valence-corrected chi connectivity index (χ2v) is 8.72. The van der Waals surface area contributed by atoms with Crippen LogP contribution in [0, 0.1) is 5.92 Å². The molecule has 1 fully saturated rings. The summed E-state index contributed by atoms with van der Waals surface area (Å²) in [5, 5.41) is 3.16. The lowest BCUT2D eigenvalue weighted by Crippen LogP contribution is -2.37. The molecule has 0 bridgehead atoms. The van der Waals surface area contributed by atoms with Crippen molar-refractivity contribution in [2.75, 3.05) is 18.6 Å². The van der Waals surface area contributed by atoms with Gasteiger partial charge in [0.25, 0.3) is 11.8 Å². The Bertz CT molecular complexity index is 888. The number of carbonyl (C=O) groups excluding carboxylic acids is 2. The highest BCUT2D eigenvalue weighted by molar-refractivity contribution is 6.11. The molecule has 31 heavy (non-hydrogen) atoms. The van der Waals surface area contributed by atoms with Crippen LogP contribution in [-0.4, -0.2) is 31.5 Å². The second-order valence-electron chi connectivity index (χ2n) is 8.72. The summed E-state index contributed by atoms with van der Waals surface area (Å²) in [6.45, 7) is 4.85. The van der Waals surface area contributed by atoms with Crippen LogP contribution >= 0.6 is 0 Å². The van der Waals surface area contributed by atoms with Gasteiger partial charge in [-0.05, 0) is 49.4 Å². The number of amides is 2. The number of para-hydroxylation sites is 2. The van der Waals surface area contributed by atoms with E-state index in [9.17, 15) is 9.59 Å². The van der Waals surface area contributed by atoms with E-state index in [0.717, 1.165) is 32.1 Å². The first-order valence-corrected chi connectivity index (χ1v) is 11.4. The maximum absolute atomic E-state index is 13.3. The number of ether oxygens (including phenoxy) is 1. The van der Waals surface area contributed by atoms with Gasteiger partial charge in [0.15, 0.2) is 0 Å². The van der Waals surface area contributed by atoms with Crippen LogP contribution < -0.4 is 15.0 Å². The SMILES string of the molecule is CC(C)CCOc1ccccc1C(=O)N(C)c1ccccc1C(=O)NC1CCCCC1. The van der Waals surface area contributed by atoms with Crippen molar-refractivity contribution in [2.24, 2.45) is 5.92 Å². The Morgan fingerprint density at radius 1 is 1.00 bits per heavy atom. The molecule has 0 saturated heterocycles. The zero-order chi connectivity index (χ0) is 22.2. The summed E-state index contributed by atoms with van der Waals surface area (Å²) in [6, 6.07) is 14.8. The standard InChI is InChI=1S/C26H34N2O3/c1-19(2)17-18-31-24-16-10-8-14-22(24)26(30)28(3)23-15-9-7-13-21(23)25(29)27-20-11-5-4-6-12-20/h7-10,13-16,19-20H,4-6,11-12,17-18H2,1-3H3,(H,27,29). The number of benzene rings is 2. The van der Waals surface area contributed by atoms with Gasteiger partial charge in [-0.3, -0.25) is 9.59 Å². The Hall–Kier alpha value is -2.82. The zero-order valence-electron chi connectivity index (χ0n) is 18.9. The van der Waals surface area contributed by atoms with Gasteiger partial charge in [0.1, 0.15) is 5.75 Å². The van der Waals surface area contributed by atoms with E-state index in [1.165, 1.54) is 6.42 Å². The van der Waals surface area contributed by atoms with Gasteiger partial charge in [0, 0.05) is 13.1 Å². The molecule has 0 unspecified atom stereocenters. The van der Waals surface area contributed by atoms with Crippen LogP contribution in [0.3, 0.4) is 0 Å². The minimum absolute atomic E-state index is 0.122. The van der Waals surface area contributed by atoms with Gasteiger partial charge in [-0.25, -0.2) is 0 Å². The molecule has 3 rings (SSSR count). The van der Waals surface area contributed by atoms with Crippen molar-refractivity contribution >= 4 is 17.5 Å². The Labute approximate surface area is 185 Å². The third-order valence-corrected chi connectivity index (χ3v) is 5.83. The largest absolute Gasteiger partial charge is 0.493 e. The molecule has 0 atom stereocenters. The number of anilines is 1. The van der Waals surface area contributed by atoms with Crippen LogP contribution in [0.4, 0.5) is 5.69 Å². The molecule has 5 nitrogen and oxygen atoms in total. The summed E-state index contributed by atoms with van der Waals surface area (Å²) >= 11 is 0. The van der Waals surface area contributed by atoms with Crippen LogP contribution in [0.2, 0.25) is 0 Å². The maximum Gasteiger partial charge on any atom is 0.261 e. The maximum atomic E-state index is 13.3. The molecule has 1 N–H and O–H groups in total. The van der Waals surface area contributed by atoms with Crippen molar-refractivity contribution in [2.45, 2.75) is 58.4 Å². The molecule has 2 amide bonds. The molecular weight excluding hydrogens is 388 g/mol. The van der Waals surface area contributed by atoms with Crippen molar-refractivity contribution in [3.8, 4) is 5.75 Å². The van der Waals surface area contributed by atoms with Gasteiger partial charge < -0.3 is 15.0 Å². The number of nitrogens with zero attached hydrogens (tertiary/aromatic N) is 1. The molecular formula is C26H34N2O3. The van der Waals surface area contributed by atoms with E-state index in [0.29, 0.717) is 35.1 Å². The van der Waals surface area contributed by atoms with Gasteiger partial charge in [0.2, 0.25) is 0 Å². The second kappa shape index (κ2) is 11.0. The molecule has 1 saturated carbocycles. The number of nitrogens with one attached hydrogen (secondary N) is 1. The quantitative estimate of drug-likeness (QED) is 0.615. The molecule has 2 aromatic carbocycles. The lowest BCUT2D eigenvalue weighted by molar-refractivity contribution is 0.0928. The van der Waals surface area contributed by atoms with Crippen LogP contribution in [-0.2, 0) is 0 Å². The normalized spacial score (nSPS) is 14.3. The fourth-order valence-electron chi connectivity index (χ4n) is 3.93. The Morgan fingerprint density at radius 2 is 1.65 bits per heavy atom. The molecule has 2 aromatic rings. The summed E-state index contributed by atoms with van der Waals surface area (Å²) in [5.74, 6) is 0.783. The van der Waals surface area contributed by atoms with Crippen molar-refractivity contribution in [1.82, 2.24) is 5.32 Å². The lowest BCUT2D eigenvalue weighted by Gasteiger charge is -2.25. The van der Waals surface area contributed by atoms with Crippen LogP contribution in [0.15, 0.2) is 48.5 Å². The Morgan fingerprint density at radius 3 is 2.35 bits per heavy atom. The van der Waals surface area contributed by atoms with E-state index in [-0.39, 0.29) is 17.9 Å². The number of rotatable bonds is 8. The van der Waals surface area contributed by atoms with E-state index in [2.05, 4.69) is 19.2 Å². The van der Waals surface area contributed by atoms with Crippen molar-refractivity contribution < 1.29 is 14.3 Å². The summed E-state index contributed by atoms with van der Waals surface area (Å²) in [5.41, 5.74) is 1.61. The van der Waals surface area contributed by atoms with Crippen LogP contribution in [0.25, 0.3) is 0 Å². The van der Waals surface area contributed by atoms with Crippen molar-refractivity contribution in [3.05, 3.63) is 59.7 Å². The smallest absolute Gasteiger partial charge is 0.261 e. The van der Waals surface area contributed by atoms with Gasteiger partial charge >= 0.3 is 0 Å². The van der Waals surface area contributed by atoms with E-state index in [1.54, 1.807) is 24.1 Å². The molecule has 166 valence electrons. The highest BCUT2D eigenvalue weighted by atomic mass is 16.5. The highest BCUT2D eigenvalue weighted by Gasteiger charge is 2.23. The number of hydrogen-bond donors (Lipinski definition) is 1. The molecule has 0 heterocycles. The summed E-state index contributed by atoms with van der Waals surface area (Å²) in [7, 11) is 1.71. The lowest BCUT2D eigenvalue weighted by atomic mass is 9.95. The number of hydrogen-bond acceptors (Lipinski definition) is 3. The van der Waals surface area contributed by atoms with Gasteiger partial charge in [-0.2, -0.15) is 0 Å². The molecule has 1 aliphatic carbocycles. The molecule has 1 aliphatic rings. The highest BCUT2D eigenvalue weighted by Crippen LogP contribution is 2.26. The molecule has 0 spiro atoms. The third kappa shape index (κ3) is 6.09. The monoisotopic (exact) mass is 422 g/mol. The number of carbonyl (C=O) groups is 2. The van der Waals surface area contributed by atoms with Gasteiger partial charge in [-0.1, -0.05) is 57.4 Å². The summed E-state index contributed by atoms with van der Waals surface area (Å²) in [4.78, 5) is 27.9.